The highest BCUT2D eigenvalue weighted by molar-refractivity contribution is 5.20. The predicted molar refractivity (Wildman–Crippen MR) is 88.1 cm³/mol. The van der Waals surface area contributed by atoms with Crippen LogP contribution in [0.3, 0.4) is 0 Å². The van der Waals surface area contributed by atoms with Gasteiger partial charge in [-0.05, 0) is 59.7 Å². The van der Waals surface area contributed by atoms with Gasteiger partial charge in [-0.2, -0.15) is 0 Å². The van der Waals surface area contributed by atoms with Gasteiger partial charge in [0.25, 0.3) is 0 Å². The third-order valence-electron chi connectivity index (χ3n) is 3.98. The summed E-state index contributed by atoms with van der Waals surface area (Å²) in [6, 6.07) is 11.6. The Morgan fingerprint density at radius 3 is 2.25 bits per heavy atom. The minimum atomic E-state index is 0.385. The Balaban J connectivity index is 2.65. The fourth-order valence-corrected chi connectivity index (χ4v) is 2.80. The molecule has 0 saturated heterocycles. The summed E-state index contributed by atoms with van der Waals surface area (Å²) in [5.41, 5.74) is 1.37. The molecule has 1 rings (SSSR count). The molecule has 0 aliphatic rings. The molecule has 0 fully saturated rings. The largest absolute Gasteiger partial charge is 0.312 e. The molecule has 0 radical (unpaired) electrons. The van der Waals surface area contributed by atoms with Crippen molar-refractivity contribution in [1.29, 1.82) is 0 Å². The van der Waals surface area contributed by atoms with Crippen molar-refractivity contribution in [2.75, 3.05) is 40.8 Å². The van der Waals surface area contributed by atoms with Crippen LogP contribution < -0.4 is 5.32 Å². The van der Waals surface area contributed by atoms with E-state index in [9.17, 15) is 0 Å². The molecule has 0 spiro atoms. The van der Waals surface area contributed by atoms with Gasteiger partial charge in [0.15, 0.2) is 0 Å². The summed E-state index contributed by atoms with van der Waals surface area (Å²) in [6.45, 7) is 7.98. The third kappa shape index (κ3) is 5.23. The molecule has 3 heteroatoms. The molecule has 0 amide bonds. The summed E-state index contributed by atoms with van der Waals surface area (Å²) in [6.07, 6.45) is 1.22. The first-order valence-electron chi connectivity index (χ1n) is 7.71. The molecule has 0 aliphatic carbocycles. The lowest BCUT2D eigenvalue weighted by atomic mass is 9.99. The number of nitrogens with one attached hydrogen (secondary N) is 1. The van der Waals surface area contributed by atoms with Crippen molar-refractivity contribution in [3.8, 4) is 0 Å². The molecule has 0 bridgehead atoms. The zero-order valence-corrected chi connectivity index (χ0v) is 13.8. The van der Waals surface area contributed by atoms with E-state index >= 15 is 0 Å². The molecule has 0 heterocycles. The van der Waals surface area contributed by atoms with Crippen LogP contribution in [-0.2, 0) is 0 Å². The van der Waals surface area contributed by atoms with Gasteiger partial charge in [0.05, 0.1) is 0 Å². The van der Waals surface area contributed by atoms with E-state index in [0.717, 1.165) is 19.6 Å². The van der Waals surface area contributed by atoms with Crippen LogP contribution >= 0.6 is 0 Å². The van der Waals surface area contributed by atoms with E-state index in [-0.39, 0.29) is 0 Å². The lowest BCUT2D eigenvalue weighted by molar-refractivity contribution is 0.173. The van der Waals surface area contributed by atoms with Gasteiger partial charge in [0.1, 0.15) is 0 Å². The van der Waals surface area contributed by atoms with Gasteiger partial charge in [0, 0.05) is 12.1 Å². The van der Waals surface area contributed by atoms with Crippen LogP contribution in [0, 0.1) is 0 Å². The first kappa shape index (κ1) is 17.2. The van der Waals surface area contributed by atoms with E-state index in [1.807, 2.05) is 0 Å². The van der Waals surface area contributed by atoms with Crippen LogP contribution in [-0.4, -0.2) is 56.6 Å². The van der Waals surface area contributed by atoms with Crippen molar-refractivity contribution in [3.05, 3.63) is 35.9 Å². The molecule has 1 aromatic rings. The quantitative estimate of drug-likeness (QED) is 0.748. The molecular weight excluding hydrogens is 246 g/mol. The Kier molecular flexibility index (Phi) is 7.82. The Bertz CT molecular complexity index is 351. The van der Waals surface area contributed by atoms with Crippen LogP contribution in [0.1, 0.15) is 31.9 Å². The maximum absolute atomic E-state index is 3.48. The summed E-state index contributed by atoms with van der Waals surface area (Å²) >= 11 is 0. The lowest BCUT2D eigenvalue weighted by Crippen LogP contribution is -2.43. The average Bonchev–Trinajstić information content (AvgIpc) is 2.45. The van der Waals surface area contributed by atoms with E-state index in [1.54, 1.807) is 0 Å². The lowest BCUT2D eigenvalue weighted by Gasteiger charge is -2.34. The van der Waals surface area contributed by atoms with Crippen molar-refractivity contribution in [2.24, 2.45) is 0 Å². The summed E-state index contributed by atoms with van der Waals surface area (Å²) in [4.78, 5) is 4.82. The van der Waals surface area contributed by atoms with Gasteiger partial charge in [-0.1, -0.05) is 37.3 Å². The molecule has 1 N–H and O–H groups in total. The Morgan fingerprint density at radius 1 is 1.10 bits per heavy atom. The summed E-state index contributed by atoms with van der Waals surface area (Å²) in [5.74, 6) is 0. The van der Waals surface area contributed by atoms with E-state index < -0.39 is 0 Å². The third-order valence-corrected chi connectivity index (χ3v) is 3.98. The minimum Gasteiger partial charge on any atom is -0.312 e. The zero-order valence-electron chi connectivity index (χ0n) is 13.8. The van der Waals surface area contributed by atoms with E-state index in [1.165, 1.54) is 12.0 Å². The second-order valence-corrected chi connectivity index (χ2v) is 5.70. The van der Waals surface area contributed by atoms with Crippen LogP contribution in [0.2, 0.25) is 0 Å². The topological polar surface area (TPSA) is 18.5 Å². The van der Waals surface area contributed by atoms with Gasteiger partial charge in [-0.25, -0.2) is 0 Å². The highest BCUT2D eigenvalue weighted by Crippen LogP contribution is 2.20. The number of hydrogen-bond donors (Lipinski definition) is 1. The molecule has 0 aliphatic heterocycles. The fraction of sp³-hybridized carbons (Fsp3) is 0.647. The molecular formula is C17H31N3. The second-order valence-electron chi connectivity index (χ2n) is 5.70. The molecule has 20 heavy (non-hydrogen) atoms. The Hall–Kier alpha value is -0.900. The summed E-state index contributed by atoms with van der Waals surface area (Å²) in [5, 5.41) is 3.48. The summed E-state index contributed by atoms with van der Waals surface area (Å²) in [7, 11) is 6.34. The number of nitrogens with zero attached hydrogens (tertiary/aromatic N) is 2. The SMILES string of the molecule is CCN(CCCN(C)C)C(C)C(NC)c1ccccc1. The average molecular weight is 277 g/mol. The van der Waals surface area contributed by atoms with Crippen molar-refractivity contribution in [3.63, 3.8) is 0 Å². The second kappa shape index (κ2) is 9.11. The maximum atomic E-state index is 3.48. The smallest absolute Gasteiger partial charge is 0.0473 e. The Morgan fingerprint density at radius 2 is 1.75 bits per heavy atom. The van der Waals surface area contributed by atoms with Crippen molar-refractivity contribution in [2.45, 2.75) is 32.4 Å². The number of hydrogen-bond acceptors (Lipinski definition) is 3. The normalized spacial score (nSPS) is 14.8. The predicted octanol–water partition coefficient (Wildman–Crippen LogP) is 2.61. The maximum Gasteiger partial charge on any atom is 0.0473 e. The van der Waals surface area contributed by atoms with Crippen molar-refractivity contribution < 1.29 is 0 Å². The highest BCUT2D eigenvalue weighted by atomic mass is 15.2. The number of benzene rings is 1. The standard InChI is InChI=1S/C17H31N3/c1-6-20(14-10-13-19(4)5)15(2)17(18-3)16-11-8-7-9-12-16/h7-9,11-12,15,17-18H,6,10,13-14H2,1-5H3. The van der Waals surface area contributed by atoms with E-state index in [0.29, 0.717) is 12.1 Å². The van der Waals surface area contributed by atoms with Gasteiger partial charge < -0.3 is 10.2 Å². The van der Waals surface area contributed by atoms with Crippen LogP contribution in [0.15, 0.2) is 30.3 Å². The van der Waals surface area contributed by atoms with Gasteiger partial charge >= 0.3 is 0 Å². The van der Waals surface area contributed by atoms with Crippen LogP contribution in [0.5, 0.6) is 0 Å². The zero-order chi connectivity index (χ0) is 15.0. The van der Waals surface area contributed by atoms with Gasteiger partial charge in [0.2, 0.25) is 0 Å². The Labute approximate surface area is 125 Å². The van der Waals surface area contributed by atoms with E-state index in [2.05, 4.69) is 80.4 Å². The molecule has 2 atom stereocenters. The van der Waals surface area contributed by atoms with Crippen LogP contribution in [0.4, 0.5) is 0 Å². The van der Waals surface area contributed by atoms with Crippen molar-refractivity contribution >= 4 is 0 Å². The minimum absolute atomic E-state index is 0.385. The molecule has 2 unspecified atom stereocenters. The van der Waals surface area contributed by atoms with E-state index in [4.69, 9.17) is 0 Å². The fourth-order valence-electron chi connectivity index (χ4n) is 2.80. The first-order valence-corrected chi connectivity index (χ1v) is 7.71. The molecule has 1 aromatic carbocycles. The van der Waals surface area contributed by atoms with Crippen molar-refractivity contribution in [1.82, 2.24) is 15.1 Å². The molecule has 0 saturated carbocycles. The molecule has 3 nitrogen and oxygen atoms in total. The molecule has 114 valence electrons. The van der Waals surface area contributed by atoms with Gasteiger partial charge in [-0.15, -0.1) is 0 Å². The molecule has 0 aromatic heterocycles. The number of rotatable bonds is 9. The monoisotopic (exact) mass is 277 g/mol. The first-order chi connectivity index (χ1) is 9.60. The summed E-state index contributed by atoms with van der Waals surface area (Å²) < 4.78 is 0. The van der Waals surface area contributed by atoms with Gasteiger partial charge in [-0.3, -0.25) is 4.90 Å². The number of likely N-dealkylation sites (N-methyl/N-ethyl adjacent to an activating group) is 2. The highest BCUT2D eigenvalue weighted by Gasteiger charge is 2.22. The van der Waals surface area contributed by atoms with Crippen LogP contribution in [0.25, 0.3) is 0 Å².